The average molecular weight is 441 g/mol. The monoisotopic (exact) mass is 439 g/mol. The van der Waals surface area contributed by atoms with Crippen molar-refractivity contribution in [3.63, 3.8) is 0 Å². The molecule has 2 N–H and O–H groups in total. The van der Waals surface area contributed by atoms with Crippen LogP contribution in [0, 0.1) is 0 Å². The summed E-state index contributed by atoms with van der Waals surface area (Å²) < 4.78 is 6.30. The highest BCUT2D eigenvalue weighted by Gasteiger charge is 2.18. The summed E-state index contributed by atoms with van der Waals surface area (Å²) in [6.45, 7) is 1.84. The number of aliphatic carboxylic acids is 1. The van der Waals surface area contributed by atoms with Gasteiger partial charge in [-0.05, 0) is 57.7 Å². The predicted octanol–water partition coefficient (Wildman–Crippen LogP) is 4.38. The summed E-state index contributed by atoms with van der Waals surface area (Å²) in [4.78, 5) is 23.3. The van der Waals surface area contributed by atoms with Gasteiger partial charge in [0.2, 0.25) is 0 Å². The molecule has 2 aromatic rings. The van der Waals surface area contributed by atoms with E-state index >= 15 is 0 Å². The first-order valence-corrected chi connectivity index (χ1v) is 9.24. The number of nitrogens with one attached hydrogen (secondary N) is 1. The molecule has 7 heteroatoms. The number of carboxylic acid groups (broad SMARTS) is 1. The van der Waals surface area contributed by atoms with Gasteiger partial charge in [0.05, 0.1) is 16.9 Å². The highest BCUT2D eigenvalue weighted by atomic mass is 79.9. The van der Waals surface area contributed by atoms with Crippen molar-refractivity contribution in [2.24, 2.45) is 0 Å². The Morgan fingerprint density at radius 2 is 1.92 bits per heavy atom. The van der Waals surface area contributed by atoms with Crippen LogP contribution in [0.4, 0.5) is 0 Å². The van der Waals surface area contributed by atoms with Crippen molar-refractivity contribution in [2.75, 3.05) is 6.61 Å². The Hall–Kier alpha value is -2.05. The normalized spacial score (nSPS) is 11.7. The van der Waals surface area contributed by atoms with E-state index in [-0.39, 0.29) is 13.0 Å². The molecule has 0 saturated heterocycles. The summed E-state index contributed by atoms with van der Waals surface area (Å²) in [5.41, 5.74) is 1.82. The third-order valence-corrected chi connectivity index (χ3v) is 4.62. The number of carboxylic acids is 1. The minimum absolute atomic E-state index is 0.215. The Bertz CT molecular complexity index is 780. The van der Waals surface area contributed by atoms with Gasteiger partial charge in [-0.15, -0.1) is 0 Å². The molecule has 0 aliphatic rings. The summed E-state index contributed by atoms with van der Waals surface area (Å²) in [5.74, 6) is -0.861. The Balaban J connectivity index is 2.00. The molecule has 0 radical (unpaired) electrons. The van der Waals surface area contributed by atoms with Crippen molar-refractivity contribution >= 4 is 39.4 Å². The minimum atomic E-state index is -1.01. The van der Waals surface area contributed by atoms with Crippen molar-refractivity contribution in [2.45, 2.75) is 25.8 Å². The van der Waals surface area contributed by atoms with Crippen molar-refractivity contribution in [1.82, 2.24) is 5.32 Å². The number of benzene rings is 2. The molecule has 5 nitrogen and oxygen atoms in total. The van der Waals surface area contributed by atoms with Crippen molar-refractivity contribution < 1.29 is 19.4 Å². The zero-order chi connectivity index (χ0) is 19.1. The number of amides is 1. The lowest BCUT2D eigenvalue weighted by atomic mass is 10.0. The van der Waals surface area contributed by atoms with Crippen LogP contribution in [0.5, 0.6) is 5.75 Å². The zero-order valence-corrected chi connectivity index (χ0v) is 16.5. The molecule has 0 spiro atoms. The second-order valence-corrected chi connectivity index (χ2v) is 6.97. The van der Waals surface area contributed by atoms with E-state index in [9.17, 15) is 9.59 Å². The molecule has 0 bridgehead atoms. The average Bonchev–Trinajstić information content (AvgIpc) is 2.60. The van der Waals surface area contributed by atoms with E-state index in [1.54, 1.807) is 30.3 Å². The molecular formula is C19H19BrClNO4. The van der Waals surface area contributed by atoms with Gasteiger partial charge in [-0.2, -0.15) is 0 Å². The molecule has 0 saturated carbocycles. The molecule has 0 aromatic heterocycles. The van der Waals surface area contributed by atoms with E-state index in [0.717, 1.165) is 16.5 Å². The molecule has 0 aliphatic carbocycles. The fraction of sp³-hybridized carbons (Fsp3) is 0.263. The molecule has 26 heavy (non-hydrogen) atoms. The first kappa shape index (κ1) is 20.3. The van der Waals surface area contributed by atoms with Gasteiger partial charge in [0, 0.05) is 5.02 Å². The van der Waals surface area contributed by atoms with Crippen molar-refractivity contribution in [3.8, 4) is 5.75 Å². The Morgan fingerprint density at radius 1 is 1.23 bits per heavy atom. The summed E-state index contributed by atoms with van der Waals surface area (Å²) in [5, 5.41) is 12.3. The van der Waals surface area contributed by atoms with Gasteiger partial charge in [0.1, 0.15) is 5.75 Å². The number of hydrogen-bond donors (Lipinski definition) is 2. The van der Waals surface area contributed by atoms with E-state index in [0.29, 0.717) is 16.3 Å². The molecule has 0 fully saturated rings. The number of halogens is 2. The van der Waals surface area contributed by atoms with E-state index in [1.165, 1.54) is 0 Å². The van der Waals surface area contributed by atoms with Crippen LogP contribution < -0.4 is 10.1 Å². The van der Waals surface area contributed by atoms with Crippen LogP contribution in [0.15, 0.2) is 46.9 Å². The quantitative estimate of drug-likeness (QED) is 0.639. The standard InChI is InChI=1S/C19H19BrClNO4/c1-2-12-3-8-17(15(20)9-12)26-11-18(23)22-16(10-19(24)25)13-4-6-14(21)7-5-13/h3-9,16H,2,10-11H2,1H3,(H,22,23)(H,24,25)/t16-/m0/s1. The summed E-state index contributed by atoms with van der Waals surface area (Å²) >= 11 is 9.27. The third-order valence-electron chi connectivity index (χ3n) is 3.75. The van der Waals surface area contributed by atoms with Gasteiger partial charge >= 0.3 is 5.97 Å². The number of rotatable bonds is 8. The van der Waals surface area contributed by atoms with E-state index in [4.69, 9.17) is 21.4 Å². The second-order valence-electron chi connectivity index (χ2n) is 5.68. The number of aryl methyl sites for hydroxylation is 1. The Labute approximate surface area is 165 Å². The topological polar surface area (TPSA) is 75.6 Å². The smallest absolute Gasteiger partial charge is 0.305 e. The van der Waals surface area contributed by atoms with Crippen LogP contribution in [0.25, 0.3) is 0 Å². The van der Waals surface area contributed by atoms with E-state index < -0.39 is 17.9 Å². The molecule has 0 aliphatic heterocycles. The molecule has 0 heterocycles. The number of hydrogen-bond acceptors (Lipinski definition) is 3. The van der Waals surface area contributed by atoms with Crippen molar-refractivity contribution in [1.29, 1.82) is 0 Å². The van der Waals surface area contributed by atoms with Crippen LogP contribution in [0.2, 0.25) is 5.02 Å². The predicted molar refractivity (Wildman–Crippen MR) is 104 cm³/mol. The van der Waals surface area contributed by atoms with Crippen LogP contribution in [0.3, 0.4) is 0 Å². The zero-order valence-electron chi connectivity index (χ0n) is 14.2. The highest BCUT2D eigenvalue weighted by molar-refractivity contribution is 9.10. The lowest BCUT2D eigenvalue weighted by Crippen LogP contribution is -2.33. The number of carbonyl (C=O) groups is 2. The summed E-state index contributed by atoms with van der Waals surface area (Å²) in [7, 11) is 0. The number of carbonyl (C=O) groups excluding carboxylic acids is 1. The fourth-order valence-corrected chi connectivity index (χ4v) is 3.05. The van der Waals surface area contributed by atoms with Gasteiger partial charge in [-0.3, -0.25) is 9.59 Å². The van der Waals surface area contributed by atoms with Crippen LogP contribution in [-0.4, -0.2) is 23.6 Å². The first-order valence-electron chi connectivity index (χ1n) is 8.07. The molecule has 138 valence electrons. The largest absolute Gasteiger partial charge is 0.483 e. The van der Waals surface area contributed by atoms with Gasteiger partial charge in [-0.1, -0.05) is 36.7 Å². The van der Waals surface area contributed by atoms with Crippen LogP contribution in [0.1, 0.15) is 30.5 Å². The summed E-state index contributed by atoms with van der Waals surface area (Å²) in [6, 6.07) is 11.7. The Morgan fingerprint density at radius 3 is 2.50 bits per heavy atom. The molecular weight excluding hydrogens is 422 g/mol. The molecule has 0 unspecified atom stereocenters. The maximum Gasteiger partial charge on any atom is 0.305 e. The summed E-state index contributed by atoms with van der Waals surface area (Å²) in [6.07, 6.45) is 0.666. The number of ether oxygens (including phenoxy) is 1. The van der Waals surface area contributed by atoms with Crippen molar-refractivity contribution in [3.05, 3.63) is 63.1 Å². The molecule has 1 amide bonds. The highest BCUT2D eigenvalue weighted by Crippen LogP contribution is 2.26. The van der Waals surface area contributed by atoms with Gasteiger partial charge < -0.3 is 15.2 Å². The van der Waals surface area contributed by atoms with Gasteiger partial charge in [-0.25, -0.2) is 0 Å². The van der Waals surface area contributed by atoms with Crippen LogP contribution in [-0.2, 0) is 16.0 Å². The first-order chi connectivity index (χ1) is 12.4. The lowest BCUT2D eigenvalue weighted by Gasteiger charge is -2.18. The molecule has 2 rings (SSSR count). The van der Waals surface area contributed by atoms with E-state index in [2.05, 4.69) is 28.2 Å². The lowest BCUT2D eigenvalue weighted by molar-refractivity contribution is -0.137. The molecule has 1 atom stereocenters. The van der Waals surface area contributed by atoms with E-state index in [1.807, 2.05) is 12.1 Å². The maximum atomic E-state index is 12.2. The third kappa shape index (κ3) is 6.04. The minimum Gasteiger partial charge on any atom is -0.483 e. The SMILES string of the molecule is CCc1ccc(OCC(=O)N[C@@H](CC(=O)O)c2ccc(Cl)cc2)c(Br)c1. The van der Waals surface area contributed by atoms with Gasteiger partial charge in [0.15, 0.2) is 6.61 Å². The molecule has 2 aromatic carbocycles. The maximum absolute atomic E-state index is 12.2. The second kappa shape index (κ2) is 9.59. The van der Waals surface area contributed by atoms with Gasteiger partial charge in [0.25, 0.3) is 5.91 Å². The van der Waals surface area contributed by atoms with Crippen LogP contribution >= 0.6 is 27.5 Å². The Kier molecular flexibility index (Phi) is 7.48. The fourth-order valence-electron chi connectivity index (χ4n) is 2.38.